The molecular weight excluding hydrogens is 552 g/mol. The Morgan fingerprint density at radius 3 is 2.66 bits per heavy atom. The highest BCUT2D eigenvalue weighted by molar-refractivity contribution is 6.34. The van der Waals surface area contributed by atoms with Crippen molar-refractivity contribution in [2.75, 3.05) is 50.5 Å². The summed E-state index contributed by atoms with van der Waals surface area (Å²) in [5.41, 5.74) is 8.05. The van der Waals surface area contributed by atoms with Crippen LogP contribution in [0.3, 0.4) is 0 Å². The average Bonchev–Trinajstić information content (AvgIpc) is 3.26. The number of carbonyl (C=O) groups excluding carboxylic acids is 1. The number of nitrogen functional groups attached to an aromatic ring is 1. The Bertz CT molecular complexity index is 1520. The van der Waals surface area contributed by atoms with Gasteiger partial charge in [-0.25, -0.2) is 13.8 Å². The summed E-state index contributed by atoms with van der Waals surface area (Å²) in [4.78, 5) is 31.4. The number of hydrogen-bond donors (Lipinski definition) is 1. The van der Waals surface area contributed by atoms with Crippen LogP contribution in [0, 0.1) is 19.7 Å². The monoisotopic (exact) mass is 585 g/mol. The molecule has 0 bridgehead atoms. The Morgan fingerprint density at radius 2 is 2.00 bits per heavy atom. The maximum atomic E-state index is 16.5. The highest BCUT2D eigenvalue weighted by Crippen LogP contribution is 2.40. The molecule has 4 heterocycles. The Morgan fingerprint density at radius 1 is 1.24 bits per heavy atom. The number of anilines is 2. The molecule has 218 valence electrons. The lowest BCUT2D eigenvalue weighted by molar-refractivity contribution is -0.126. The van der Waals surface area contributed by atoms with Crippen molar-refractivity contribution in [2.45, 2.75) is 45.4 Å². The van der Waals surface area contributed by atoms with Crippen molar-refractivity contribution in [3.8, 4) is 17.3 Å². The number of ether oxygens (including phenoxy) is 1. The van der Waals surface area contributed by atoms with Gasteiger partial charge in [0.05, 0.1) is 16.3 Å². The Labute approximate surface area is 242 Å². The van der Waals surface area contributed by atoms with E-state index in [1.165, 1.54) is 6.08 Å². The number of hydrogen-bond acceptors (Lipinski definition) is 8. The zero-order valence-electron chi connectivity index (χ0n) is 23.6. The number of carbonyl (C=O) groups is 1. The van der Waals surface area contributed by atoms with Gasteiger partial charge in [0.15, 0.2) is 5.82 Å². The van der Waals surface area contributed by atoms with Crippen LogP contribution in [-0.4, -0.2) is 88.7 Å². The van der Waals surface area contributed by atoms with Crippen LogP contribution in [0.4, 0.5) is 20.4 Å². The van der Waals surface area contributed by atoms with Gasteiger partial charge in [0.1, 0.15) is 29.9 Å². The fourth-order valence-corrected chi connectivity index (χ4v) is 5.93. The molecule has 1 amide bonds. The molecule has 0 radical (unpaired) electrons. The molecule has 9 nitrogen and oxygen atoms in total. The summed E-state index contributed by atoms with van der Waals surface area (Å²) in [6.45, 7) is 11.0. The molecule has 2 saturated heterocycles. The summed E-state index contributed by atoms with van der Waals surface area (Å²) in [6.07, 6.45) is 0.694. The second-order valence-electron chi connectivity index (χ2n) is 10.9. The van der Waals surface area contributed by atoms with Gasteiger partial charge in [0.25, 0.3) is 0 Å². The molecule has 0 spiro atoms. The van der Waals surface area contributed by atoms with E-state index in [0.29, 0.717) is 49.5 Å². The first-order valence-corrected chi connectivity index (χ1v) is 13.9. The van der Waals surface area contributed by atoms with Gasteiger partial charge in [-0.2, -0.15) is 9.97 Å². The van der Waals surface area contributed by atoms with E-state index in [1.54, 1.807) is 17.0 Å². The molecule has 0 aliphatic carbocycles. The van der Waals surface area contributed by atoms with E-state index in [-0.39, 0.29) is 52.5 Å². The number of likely N-dealkylation sites (N-methyl/N-ethyl adjacent to an activating group) is 1. The molecule has 2 N–H and O–H groups in total. The van der Waals surface area contributed by atoms with Gasteiger partial charge in [-0.1, -0.05) is 18.2 Å². The second kappa shape index (κ2) is 11.4. The van der Waals surface area contributed by atoms with Crippen molar-refractivity contribution in [1.29, 1.82) is 0 Å². The first kappa shape index (κ1) is 28.9. The number of nitrogens with two attached hydrogens (primary N) is 1. The van der Waals surface area contributed by atoms with E-state index in [9.17, 15) is 9.18 Å². The lowest BCUT2D eigenvalue weighted by Crippen LogP contribution is -2.53. The third kappa shape index (κ3) is 5.52. The van der Waals surface area contributed by atoms with Crippen LogP contribution in [0.15, 0.2) is 24.8 Å². The number of aromatic nitrogens is 3. The van der Waals surface area contributed by atoms with Crippen LogP contribution in [0.5, 0.6) is 6.01 Å². The smallest absolute Gasteiger partial charge is 0.319 e. The molecule has 5 rings (SSSR count). The lowest BCUT2D eigenvalue weighted by Gasteiger charge is -2.40. The molecule has 12 heteroatoms. The van der Waals surface area contributed by atoms with Gasteiger partial charge in [0, 0.05) is 43.6 Å². The summed E-state index contributed by atoms with van der Waals surface area (Å²) < 4.78 is 36.4. The fourth-order valence-electron chi connectivity index (χ4n) is 5.64. The number of rotatable bonds is 6. The number of benzene rings is 1. The molecule has 0 saturated carbocycles. The van der Waals surface area contributed by atoms with Gasteiger partial charge in [-0.05, 0) is 63.6 Å². The number of nitrogens with zero attached hydrogens (tertiary/aromatic N) is 6. The SMILES string of the molecule is C=CC(=O)N1CCN(c2nc(OCC3CC(F)CN3C)nc3c(F)c(-c4nc(N)cc(C)c4C)c(Cl)cc23)C(C)C1. The second-order valence-corrected chi connectivity index (χ2v) is 11.3. The van der Waals surface area contributed by atoms with Gasteiger partial charge in [-0.15, -0.1) is 0 Å². The molecule has 3 aromatic rings. The van der Waals surface area contributed by atoms with Crippen molar-refractivity contribution in [3.05, 3.63) is 46.8 Å². The van der Waals surface area contributed by atoms with E-state index in [2.05, 4.69) is 16.5 Å². The van der Waals surface area contributed by atoms with Gasteiger partial charge in [0.2, 0.25) is 5.91 Å². The fraction of sp³-hybridized carbons (Fsp3) is 0.448. The van der Waals surface area contributed by atoms with E-state index >= 15 is 4.39 Å². The van der Waals surface area contributed by atoms with Crippen LogP contribution in [0.1, 0.15) is 24.5 Å². The highest BCUT2D eigenvalue weighted by atomic mass is 35.5. The van der Waals surface area contributed by atoms with Gasteiger partial charge in [-0.3, -0.25) is 9.69 Å². The normalized spacial score (nSPS) is 21.5. The maximum absolute atomic E-state index is 16.5. The van der Waals surface area contributed by atoms with Gasteiger partial charge >= 0.3 is 6.01 Å². The molecule has 2 aliphatic heterocycles. The molecule has 2 aromatic heterocycles. The molecule has 2 fully saturated rings. The van der Waals surface area contributed by atoms with Crippen molar-refractivity contribution in [2.24, 2.45) is 0 Å². The Hall–Kier alpha value is -3.57. The van der Waals surface area contributed by atoms with E-state index < -0.39 is 12.0 Å². The van der Waals surface area contributed by atoms with Crippen LogP contribution >= 0.6 is 11.6 Å². The lowest BCUT2D eigenvalue weighted by atomic mass is 10.00. The molecule has 2 aliphatic rings. The minimum absolute atomic E-state index is 0.0191. The molecular formula is C29H34ClF2N7O2. The zero-order chi connectivity index (χ0) is 29.6. The van der Waals surface area contributed by atoms with Crippen LogP contribution < -0.4 is 15.4 Å². The number of piperazine rings is 1. The summed E-state index contributed by atoms with van der Waals surface area (Å²) >= 11 is 6.74. The standard InChI is InChI=1S/C29H34ClF2N7O2/c1-6-23(40)38-7-8-39(16(3)12-38)28-20-11-21(30)24(26-17(4)15(2)9-22(33)34-26)25(32)27(20)35-29(36-28)41-14-19-10-18(31)13-37(19)5/h6,9,11,16,18-19H,1,7-8,10,12-14H2,2-5H3,(H2,33,34). The Balaban J connectivity index is 1.63. The van der Waals surface area contributed by atoms with E-state index in [0.717, 1.165) is 11.1 Å². The molecule has 1 aromatic carbocycles. The minimum atomic E-state index is -0.934. The Kier molecular flexibility index (Phi) is 8.02. The van der Waals surface area contributed by atoms with E-state index in [1.807, 2.05) is 37.6 Å². The highest BCUT2D eigenvalue weighted by Gasteiger charge is 2.32. The van der Waals surface area contributed by atoms with Crippen molar-refractivity contribution < 1.29 is 18.3 Å². The third-order valence-corrected chi connectivity index (χ3v) is 8.36. The largest absolute Gasteiger partial charge is 0.462 e. The maximum Gasteiger partial charge on any atom is 0.319 e. The summed E-state index contributed by atoms with van der Waals surface area (Å²) in [6, 6.07) is 3.01. The van der Waals surface area contributed by atoms with Crippen molar-refractivity contribution in [3.63, 3.8) is 0 Å². The summed E-state index contributed by atoms with van der Waals surface area (Å²) in [5, 5.41) is 0.544. The predicted octanol–water partition coefficient (Wildman–Crippen LogP) is 4.33. The number of pyridine rings is 1. The van der Waals surface area contributed by atoms with Crippen LogP contribution in [-0.2, 0) is 4.79 Å². The predicted molar refractivity (Wildman–Crippen MR) is 157 cm³/mol. The summed E-state index contributed by atoms with van der Waals surface area (Å²) in [7, 11) is 1.84. The number of aryl methyl sites for hydroxylation is 1. The number of amides is 1. The number of fused-ring (bicyclic) bond motifs is 1. The zero-order valence-corrected chi connectivity index (χ0v) is 24.4. The number of likely N-dealkylation sites (tertiary alicyclic amines) is 1. The van der Waals surface area contributed by atoms with Crippen LogP contribution in [0.2, 0.25) is 5.02 Å². The summed E-state index contributed by atoms with van der Waals surface area (Å²) in [5.74, 6) is -0.138. The number of alkyl halides is 1. The first-order chi connectivity index (χ1) is 19.5. The van der Waals surface area contributed by atoms with Crippen molar-refractivity contribution in [1.82, 2.24) is 24.8 Å². The first-order valence-electron chi connectivity index (χ1n) is 13.6. The van der Waals surface area contributed by atoms with E-state index in [4.69, 9.17) is 27.1 Å². The van der Waals surface area contributed by atoms with Gasteiger partial charge < -0.3 is 20.3 Å². The molecule has 41 heavy (non-hydrogen) atoms. The number of halogens is 3. The average molecular weight is 586 g/mol. The quantitative estimate of drug-likeness (QED) is 0.427. The third-order valence-electron chi connectivity index (χ3n) is 8.06. The van der Waals surface area contributed by atoms with Crippen molar-refractivity contribution >= 4 is 40.0 Å². The minimum Gasteiger partial charge on any atom is -0.462 e. The molecule has 3 atom stereocenters. The molecule has 3 unspecified atom stereocenters. The topological polar surface area (TPSA) is 101 Å². The van der Waals surface area contributed by atoms with Crippen LogP contribution in [0.25, 0.3) is 22.2 Å².